The summed E-state index contributed by atoms with van der Waals surface area (Å²) < 4.78 is 252. The van der Waals surface area contributed by atoms with E-state index in [-0.39, 0.29) is 59.5 Å². The molecule has 0 N–H and O–H groups in total. The van der Waals surface area contributed by atoms with E-state index in [1.54, 1.807) is 0 Å². The molecule has 0 aromatic carbocycles. The first-order valence-corrected chi connectivity index (χ1v) is 27.7. The molecule has 1 atom stereocenters. The first kappa shape index (κ1) is 57.6. The van der Waals surface area contributed by atoms with Crippen LogP contribution < -0.4 is 0 Å². The van der Waals surface area contributed by atoms with Crippen molar-refractivity contribution < 1.29 is 96.9 Å². The molecule has 0 saturated heterocycles. The second-order valence-electron chi connectivity index (χ2n) is 12.8. The largest absolute Gasteiger partial charge is 0.500 e. The number of hydrogen-bond acceptors (Lipinski definition) is 9. The Bertz CT molecular complexity index is 1060. The van der Waals surface area contributed by atoms with E-state index >= 15 is 35.1 Å². The molecule has 0 aliphatic heterocycles. The fourth-order valence-corrected chi connectivity index (χ4v) is 24.3. The van der Waals surface area contributed by atoms with Gasteiger partial charge in [0.05, 0.1) is 0 Å². The zero-order valence-corrected chi connectivity index (χ0v) is 38.8. The van der Waals surface area contributed by atoms with E-state index in [0.29, 0.717) is 0 Å². The highest BCUT2D eigenvalue weighted by molar-refractivity contribution is 6.85. The Morgan fingerprint density at radius 1 is 0.345 bits per heavy atom. The normalized spacial score (nSPS) is 15.4. The third-order valence-electron chi connectivity index (χ3n) is 9.17. The maximum absolute atomic E-state index is 17.5. The van der Waals surface area contributed by atoms with Gasteiger partial charge in [-0.25, -0.2) is 13.2 Å². The van der Waals surface area contributed by atoms with Gasteiger partial charge in [-0.3, -0.25) is 0 Å². The van der Waals surface area contributed by atoms with Crippen LogP contribution in [0.2, 0.25) is 36.3 Å². The molecule has 0 radical (unpaired) electrons. The zero-order valence-electron chi connectivity index (χ0n) is 34.8. The highest BCUT2D eigenvalue weighted by Crippen LogP contribution is 2.63. The number of hydrogen-bond donors (Lipinski definition) is 0. The van der Waals surface area contributed by atoms with Crippen LogP contribution in [0.25, 0.3) is 0 Å². The van der Waals surface area contributed by atoms with E-state index in [1.165, 1.54) is 62.3 Å². The molecule has 0 fully saturated rings. The van der Waals surface area contributed by atoms with Crippen LogP contribution in [-0.4, -0.2) is 135 Å². The molecule has 0 aromatic rings. The van der Waals surface area contributed by atoms with Crippen LogP contribution in [-0.2, 0) is 39.8 Å². The van der Waals surface area contributed by atoms with Gasteiger partial charge in [-0.05, 0) is 87.4 Å². The average Bonchev–Trinajstić information content (AvgIpc) is 3.12. The van der Waals surface area contributed by atoms with Crippen molar-refractivity contribution in [1.29, 1.82) is 0 Å². The Balaban J connectivity index is 8.58. The molecule has 0 bridgehead atoms. The molecular formula is C32H61F13O9Si4. The first-order chi connectivity index (χ1) is 26.6. The topological polar surface area (TPSA) is 83.1 Å². The van der Waals surface area contributed by atoms with E-state index in [0.717, 1.165) is 0 Å². The summed E-state index contributed by atoms with van der Waals surface area (Å²) >= 11 is 0. The Labute approximate surface area is 337 Å². The van der Waals surface area contributed by atoms with Gasteiger partial charge in [0.1, 0.15) is 8.07 Å². The van der Waals surface area contributed by atoms with E-state index in [1.807, 2.05) is 0 Å². The molecule has 0 heterocycles. The molecule has 0 aliphatic carbocycles. The van der Waals surface area contributed by atoms with Crippen LogP contribution in [0, 0.1) is 0 Å². The first-order valence-electron chi connectivity index (χ1n) is 19.3. The van der Waals surface area contributed by atoms with E-state index in [9.17, 15) is 22.0 Å². The summed E-state index contributed by atoms with van der Waals surface area (Å²) in [6.45, 7) is 10.8. The van der Waals surface area contributed by atoms with Crippen molar-refractivity contribution in [2.24, 2.45) is 0 Å². The minimum Gasteiger partial charge on any atom is -0.374 e. The van der Waals surface area contributed by atoms with E-state index < -0.39 is 119 Å². The van der Waals surface area contributed by atoms with Gasteiger partial charge in [0.15, 0.2) is 6.17 Å². The minimum atomic E-state index is -7.97. The highest BCUT2D eigenvalue weighted by Gasteiger charge is 2.92. The van der Waals surface area contributed by atoms with Gasteiger partial charge in [-0.2, -0.15) is 43.9 Å². The quantitative estimate of drug-likeness (QED) is 0.0463. The van der Waals surface area contributed by atoms with Crippen molar-refractivity contribution in [3.63, 3.8) is 0 Å². The number of halogens is 13. The van der Waals surface area contributed by atoms with Gasteiger partial charge in [0.2, 0.25) is 0 Å². The van der Waals surface area contributed by atoms with Crippen LogP contribution in [0.1, 0.15) is 69.2 Å². The fourth-order valence-electron chi connectivity index (χ4n) is 6.41. The van der Waals surface area contributed by atoms with E-state index in [2.05, 4.69) is 0 Å². The summed E-state index contributed by atoms with van der Waals surface area (Å²) in [7, 11) is -18.8. The molecule has 0 amide bonds. The second-order valence-corrected chi connectivity index (χ2v) is 25.7. The van der Waals surface area contributed by atoms with Gasteiger partial charge >= 0.3 is 56.0 Å². The van der Waals surface area contributed by atoms with Gasteiger partial charge in [-0.1, -0.05) is 0 Å². The van der Waals surface area contributed by atoms with Crippen molar-refractivity contribution >= 4 is 34.5 Å². The maximum atomic E-state index is 17.5. The molecule has 0 aromatic heterocycles. The lowest BCUT2D eigenvalue weighted by Crippen LogP contribution is -2.76. The monoisotopic (exact) mass is 948 g/mol. The summed E-state index contributed by atoms with van der Waals surface area (Å²) in [4.78, 5) is 0. The fraction of sp³-hybridized carbons (Fsp3) is 1.00. The van der Waals surface area contributed by atoms with Crippen molar-refractivity contribution in [2.45, 2.75) is 147 Å². The Kier molecular flexibility index (Phi) is 23.2. The molecule has 1 unspecified atom stereocenters. The predicted octanol–water partition coefficient (Wildman–Crippen LogP) is 10.3. The lowest BCUT2D eigenvalue weighted by atomic mass is 9.92. The molecule has 0 saturated carbocycles. The summed E-state index contributed by atoms with van der Waals surface area (Å²) in [5.74, 6) is -37.8. The SMILES string of the molecule is CCO[Si](CC[Si](CC[Si](OCC)(OCC)OCC)(CC[Si](OCC)(OCC)OCC)C(F)(F)C(F)(F)C(F)(F)C(F)(F)C(F)(F)C(F)(F)C(C)F)(OCC)OCC. The zero-order chi connectivity index (χ0) is 45.5. The molecule has 58 heavy (non-hydrogen) atoms. The van der Waals surface area contributed by atoms with Gasteiger partial charge in [0, 0.05) is 77.6 Å². The van der Waals surface area contributed by atoms with Gasteiger partial charge < -0.3 is 39.8 Å². The molecule has 0 aliphatic rings. The molecule has 0 spiro atoms. The average molecular weight is 949 g/mol. The van der Waals surface area contributed by atoms with Crippen molar-refractivity contribution in [3.8, 4) is 0 Å². The summed E-state index contributed by atoms with van der Waals surface area (Å²) in [5.41, 5.74) is -6.42. The molecule has 0 rings (SSSR count). The Hall–Kier alpha value is -0.402. The maximum Gasteiger partial charge on any atom is 0.500 e. The second kappa shape index (κ2) is 23.3. The van der Waals surface area contributed by atoms with E-state index in [4.69, 9.17) is 39.8 Å². The summed E-state index contributed by atoms with van der Waals surface area (Å²) in [6, 6.07) is -6.26. The van der Waals surface area contributed by atoms with Crippen LogP contribution in [0.3, 0.4) is 0 Å². The van der Waals surface area contributed by atoms with Crippen molar-refractivity contribution in [2.75, 3.05) is 59.5 Å². The predicted molar refractivity (Wildman–Crippen MR) is 197 cm³/mol. The minimum absolute atomic E-state index is 0.196. The molecular weight excluding hydrogens is 888 g/mol. The van der Waals surface area contributed by atoms with Crippen LogP contribution >= 0.6 is 0 Å². The number of alkyl halides is 13. The molecule has 26 heteroatoms. The standard InChI is InChI=1S/C32H61F13O9Si4/c1-11-46-56(47-12-2,48-13-3)23-20-55(21-24-57(49-14-4,50-15-5)51-16-6,22-25-58(52-17-7,53-18-8)54-19-9)32(44,45)31(42,43)30(40,41)29(38,39)28(36,37)27(34,35)26(10)33/h26H,11-25H2,1-10H3. The van der Waals surface area contributed by atoms with Crippen LogP contribution in [0.15, 0.2) is 0 Å². The lowest BCUT2D eigenvalue weighted by Gasteiger charge is -2.48. The van der Waals surface area contributed by atoms with Crippen LogP contribution in [0.4, 0.5) is 57.1 Å². The van der Waals surface area contributed by atoms with Gasteiger partial charge in [0.25, 0.3) is 5.55 Å². The number of rotatable bonds is 34. The summed E-state index contributed by atoms with van der Waals surface area (Å²) in [6.07, 6.45) is -4.32. The van der Waals surface area contributed by atoms with Crippen molar-refractivity contribution in [3.05, 3.63) is 0 Å². The third kappa shape index (κ3) is 12.2. The Morgan fingerprint density at radius 2 is 0.552 bits per heavy atom. The smallest absolute Gasteiger partial charge is 0.374 e. The van der Waals surface area contributed by atoms with Gasteiger partial charge in [-0.15, -0.1) is 0 Å². The Morgan fingerprint density at radius 3 is 0.741 bits per heavy atom. The molecule has 350 valence electrons. The third-order valence-corrected chi connectivity index (χ3v) is 25.1. The highest BCUT2D eigenvalue weighted by atomic mass is 28.4. The summed E-state index contributed by atoms with van der Waals surface area (Å²) in [5, 5.41) is 0. The van der Waals surface area contributed by atoms with Crippen LogP contribution in [0.5, 0.6) is 0 Å². The van der Waals surface area contributed by atoms with Crippen molar-refractivity contribution in [1.82, 2.24) is 0 Å². The molecule has 9 nitrogen and oxygen atoms in total. The lowest BCUT2D eigenvalue weighted by molar-refractivity contribution is -0.422.